The lowest BCUT2D eigenvalue weighted by atomic mass is 10.1. The monoisotopic (exact) mass is 564 g/mol. The molecule has 3 amide bonds. The first-order chi connectivity index (χ1) is 17.4. The third-order valence-electron chi connectivity index (χ3n) is 5.12. The van der Waals surface area contributed by atoms with Crippen molar-refractivity contribution < 1.29 is 41.1 Å². The van der Waals surface area contributed by atoms with Gasteiger partial charge in [-0.25, -0.2) is 18.6 Å². The highest BCUT2D eigenvalue weighted by Crippen LogP contribution is 2.33. The van der Waals surface area contributed by atoms with E-state index in [1.54, 1.807) is 20.8 Å². The summed E-state index contributed by atoms with van der Waals surface area (Å²) in [4.78, 5) is 44.5. The van der Waals surface area contributed by atoms with E-state index in [1.807, 2.05) is 0 Å². The van der Waals surface area contributed by atoms with Gasteiger partial charge in [0.05, 0.1) is 17.8 Å². The number of ether oxygens (including phenoxy) is 1. The zero-order chi connectivity index (χ0) is 29.2. The van der Waals surface area contributed by atoms with E-state index in [4.69, 9.17) is 16.3 Å². The lowest BCUT2D eigenvalue weighted by Gasteiger charge is -2.34. The van der Waals surface area contributed by atoms with Crippen LogP contribution in [0.4, 0.5) is 38.3 Å². The Labute approximate surface area is 220 Å². The zero-order valence-corrected chi connectivity index (χ0v) is 22.1. The quantitative estimate of drug-likeness (QED) is 0.262. The first-order valence-corrected chi connectivity index (χ1v) is 11.4. The van der Waals surface area contributed by atoms with Crippen molar-refractivity contribution in [2.24, 2.45) is 0 Å². The SMILES string of the molecule is Cc1cc(C(F)(F)F)cc(N(C=O)C(CN(C)C(=O)OC(C)(C)C)C(=O)N(C)c2ccc(F)c(Cl)c2F)n1. The third-order valence-corrected chi connectivity index (χ3v) is 5.47. The van der Waals surface area contributed by atoms with Crippen LogP contribution >= 0.6 is 11.6 Å². The molecule has 0 radical (unpaired) electrons. The van der Waals surface area contributed by atoms with Gasteiger partial charge in [0.15, 0.2) is 5.82 Å². The highest BCUT2D eigenvalue weighted by atomic mass is 35.5. The van der Waals surface area contributed by atoms with Gasteiger partial charge in [0.1, 0.15) is 28.3 Å². The molecule has 0 spiro atoms. The molecule has 0 aliphatic heterocycles. The van der Waals surface area contributed by atoms with E-state index < -0.39 is 70.1 Å². The van der Waals surface area contributed by atoms with Gasteiger partial charge in [-0.2, -0.15) is 13.2 Å². The average molecular weight is 565 g/mol. The molecule has 208 valence electrons. The summed E-state index contributed by atoms with van der Waals surface area (Å²) in [5.74, 6) is -3.97. The second-order valence-electron chi connectivity index (χ2n) is 9.33. The number of carbonyl (C=O) groups is 3. The van der Waals surface area contributed by atoms with Crippen LogP contribution in [0.3, 0.4) is 0 Å². The fourth-order valence-electron chi connectivity index (χ4n) is 3.31. The summed E-state index contributed by atoms with van der Waals surface area (Å²) in [6.07, 6.45) is -5.64. The largest absolute Gasteiger partial charge is 0.444 e. The summed E-state index contributed by atoms with van der Waals surface area (Å²) in [6, 6.07) is 1.32. The Hall–Kier alpha value is -3.48. The number of alkyl halides is 3. The number of carbonyl (C=O) groups excluding carboxylic acids is 3. The Morgan fingerprint density at radius 2 is 1.74 bits per heavy atom. The van der Waals surface area contributed by atoms with Crippen molar-refractivity contribution in [3.63, 3.8) is 0 Å². The summed E-state index contributed by atoms with van der Waals surface area (Å²) >= 11 is 5.62. The van der Waals surface area contributed by atoms with E-state index >= 15 is 0 Å². The van der Waals surface area contributed by atoms with Crippen molar-refractivity contribution in [1.29, 1.82) is 0 Å². The minimum Gasteiger partial charge on any atom is -0.444 e. The molecule has 0 bridgehead atoms. The fraction of sp³-hybridized carbons (Fsp3) is 0.417. The molecule has 1 heterocycles. The molecule has 2 rings (SSSR count). The van der Waals surface area contributed by atoms with Crippen LogP contribution in [0.5, 0.6) is 0 Å². The Balaban J connectivity index is 2.61. The number of nitrogens with zero attached hydrogens (tertiary/aromatic N) is 4. The summed E-state index contributed by atoms with van der Waals surface area (Å²) in [6.45, 7) is 5.42. The van der Waals surface area contributed by atoms with Gasteiger partial charge in [0, 0.05) is 19.8 Å². The first kappa shape index (κ1) is 30.7. The fourth-order valence-corrected chi connectivity index (χ4v) is 3.47. The zero-order valence-electron chi connectivity index (χ0n) is 21.4. The molecule has 2 aromatic rings. The number of hydrogen-bond donors (Lipinski definition) is 0. The van der Waals surface area contributed by atoms with Gasteiger partial charge in [-0.15, -0.1) is 0 Å². The molecular weight excluding hydrogens is 539 g/mol. The van der Waals surface area contributed by atoms with Crippen molar-refractivity contribution in [2.45, 2.75) is 45.5 Å². The smallest absolute Gasteiger partial charge is 0.416 e. The normalized spacial score (nSPS) is 12.5. The molecule has 0 saturated heterocycles. The maximum absolute atomic E-state index is 14.7. The average Bonchev–Trinajstić information content (AvgIpc) is 2.79. The lowest BCUT2D eigenvalue weighted by molar-refractivity contribution is -0.137. The highest BCUT2D eigenvalue weighted by Gasteiger charge is 2.37. The van der Waals surface area contributed by atoms with E-state index in [0.717, 1.165) is 30.1 Å². The minimum absolute atomic E-state index is 0.0647. The van der Waals surface area contributed by atoms with Crippen LogP contribution in [0.1, 0.15) is 32.0 Å². The Kier molecular flexibility index (Phi) is 9.30. The Morgan fingerprint density at radius 3 is 2.26 bits per heavy atom. The molecule has 1 aromatic carbocycles. The van der Waals surface area contributed by atoms with Crippen LogP contribution < -0.4 is 9.80 Å². The highest BCUT2D eigenvalue weighted by molar-refractivity contribution is 6.31. The topological polar surface area (TPSA) is 83.1 Å². The van der Waals surface area contributed by atoms with Crippen LogP contribution in [0.25, 0.3) is 0 Å². The number of halogens is 6. The summed E-state index contributed by atoms with van der Waals surface area (Å²) in [7, 11) is 2.32. The standard InChI is InChI=1S/C24H26ClF5N4O4/c1-13-9-14(24(28,29)30)10-18(31-13)34(12-35)17(11-32(5)22(37)38-23(2,3)4)21(36)33(6)16-8-7-15(26)19(25)20(16)27/h7-10,12,17H,11H2,1-6H3. The molecule has 0 N–H and O–H groups in total. The summed E-state index contributed by atoms with van der Waals surface area (Å²) in [5.41, 5.74) is -2.66. The maximum atomic E-state index is 14.7. The molecule has 0 fully saturated rings. The van der Waals surface area contributed by atoms with Gasteiger partial charge in [0.2, 0.25) is 6.41 Å². The van der Waals surface area contributed by atoms with E-state index in [-0.39, 0.29) is 12.1 Å². The number of benzene rings is 1. The van der Waals surface area contributed by atoms with E-state index in [2.05, 4.69) is 4.98 Å². The number of pyridine rings is 1. The van der Waals surface area contributed by atoms with E-state index in [9.17, 15) is 36.3 Å². The molecule has 1 unspecified atom stereocenters. The minimum atomic E-state index is -4.80. The third kappa shape index (κ3) is 7.30. The number of likely N-dealkylation sites (N-methyl/N-ethyl adjacent to an activating group) is 2. The Morgan fingerprint density at radius 1 is 1.13 bits per heavy atom. The van der Waals surface area contributed by atoms with Gasteiger partial charge in [-0.1, -0.05) is 11.6 Å². The molecule has 0 aliphatic carbocycles. The van der Waals surface area contributed by atoms with Gasteiger partial charge < -0.3 is 14.5 Å². The van der Waals surface area contributed by atoms with E-state index in [1.165, 1.54) is 14.0 Å². The number of hydrogen-bond acceptors (Lipinski definition) is 5. The number of amides is 3. The van der Waals surface area contributed by atoms with E-state index in [0.29, 0.717) is 15.9 Å². The van der Waals surface area contributed by atoms with Crippen LogP contribution in [-0.2, 0) is 20.5 Å². The van der Waals surface area contributed by atoms with Gasteiger partial charge in [-0.3, -0.25) is 14.5 Å². The maximum Gasteiger partial charge on any atom is 0.416 e. The molecular formula is C24H26ClF5N4O4. The molecule has 0 aliphatic rings. The first-order valence-electron chi connectivity index (χ1n) is 11.0. The van der Waals surface area contributed by atoms with Crippen molar-refractivity contribution >= 4 is 41.5 Å². The number of aryl methyl sites for hydroxylation is 1. The number of rotatable bonds is 7. The van der Waals surface area contributed by atoms with Crippen LogP contribution in [0.2, 0.25) is 5.02 Å². The van der Waals surface area contributed by atoms with Crippen LogP contribution in [0.15, 0.2) is 24.3 Å². The van der Waals surface area contributed by atoms with Crippen molar-refractivity contribution in [3.05, 3.63) is 52.2 Å². The second kappa shape index (κ2) is 11.5. The van der Waals surface area contributed by atoms with Crippen molar-refractivity contribution in [2.75, 3.05) is 30.4 Å². The molecule has 0 saturated carbocycles. The Bertz CT molecular complexity index is 1220. The van der Waals surface area contributed by atoms with Gasteiger partial charge in [-0.05, 0) is 52.0 Å². The summed E-state index contributed by atoms with van der Waals surface area (Å²) < 4.78 is 73.9. The predicted molar refractivity (Wildman–Crippen MR) is 130 cm³/mol. The summed E-state index contributed by atoms with van der Waals surface area (Å²) in [5, 5.41) is -0.896. The molecule has 1 aromatic heterocycles. The van der Waals surface area contributed by atoms with Gasteiger partial charge in [0.25, 0.3) is 5.91 Å². The van der Waals surface area contributed by atoms with Gasteiger partial charge >= 0.3 is 12.3 Å². The predicted octanol–water partition coefficient (Wildman–Crippen LogP) is 5.20. The molecule has 38 heavy (non-hydrogen) atoms. The number of aromatic nitrogens is 1. The second-order valence-corrected chi connectivity index (χ2v) is 9.71. The van der Waals surface area contributed by atoms with Crippen molar-refractivity contribution in [1.82, 2.24) is 9.88 Å². The van der Waals surface area contributed by atoms with Crippen LogP contribution in [0, 0.1) is 18.6 Å². The van der Waals surface area contributed by atoms with Crippen molar-refractivity contribution in [3.8, 4) is 0 Å². The molecule has 8 nitrogen and oxygen atoms in total. The molecule has 14 heteroatoms. The number of anilines is 2. The molecule has 1 atom stereocenters. The van der Waals surface area contributed by atoms with Crippen LogP contribution in [-0.4, -0.2) is 60.6 Å². The lowest BCUT2D eigenvalue weighted by Crippen LogP contribution is -2.54.